The van der Waals surface area contributed by atoms with Crippen molar-refractivity contribution in [1.29, 1.82) is 0 Å². The smallest absolute Gasteiger partial charge is 0.340 e. The molecule has 1 aliphatic heterocycles. The van der Waals surface area contributed by atoms with Gasteiger partial charge in [0, 0.05) is 11.1 Å². The number of rotatable bonds is 6. The first-order valence-electron chi connectivity index (χ1n) is 8.96. The lowest BCUT2D eigenvalue weighted by atomic mass is 10.1. The van der Waals surface area contributed by atoms with Gasteiger partial charge < -0.3 is 14.5 Å². The molecule has 3 N–H and O–H groups in total. The molecule has 2 heterocycles. The maximum atomic E-state index is 12.2. The highest BCUT2D eigenvalue weighted by Gasteiger charge is 2.22. The van der Waals surface area contributed by atoms with Gasteiger partial charge in [-0.1, -0.05) is 23.9 Å². The number of esters is 1. The van der Waals surface area contributed by atoms with Gasteiger partial charge in [-0.3, -0.25) is 15.8 Å². The summed E-state index contributed by atoms with van der Waals surface area (Å²) >= 11 is 1.49. The second-order valence-electron chi connectivity index (χ2n) is 6.21. The fourth-order valence-corrected chi connectivity index (χ4v) is 3.57. The number of ether oxygens (including phenoxy) is 2. The number of aliphatic imine (C=N–C) groups is 1. The van der Waals surface area contributed by atoms with Crippen LogP contribution in [0, 0.1) is 13.8 Å². The van der Waals surface area contributed by atoms with Crippen molar-refractivity contribution < 1.29 is 14.3 Å². The van der Waals surface area contributed by atoms with Crippen LogP contribution in [-0.2, 0) is 11.3 Å². The van der Waals surface area contributed by atoms with Crippen LogP contribution in [-0.4, -0.2) is 29.8 Å². The molecule has 0 saturated carbocycles. The van der Waals surface area contributed by atoms with Crippen LogP contribution in [0.3, 0.4) is 0 Å². The predicted octanol–water partition coefficient (Wildman–Crippen LogP) is 3.51. The van der Waals surface area contributed by atoms with E-state index < -0.39 is 0 Å². The number of nitrogens with zero attached hydrogens (tertiary/aromatic N) is 1. The number of amidine groups is 1. The molecule has 3 rings (SSSR count). The Kier molecular flexibility index (Phi) is 6.30. The van der Waals surface area contributed by atoms with Crippen LogP contribution in [0.25, 0.3) is 5.70 Å². The number of aromatic nitrogens is 1. The molecule has 0 aliphatic carbocycles. The topological polar surface area (TPSA) is 87.7 Å². The lowest BCUT2D eigenvalue weighted by molar-refractivity contribution is 0.0525. The Morgan fingerprint density at radius 1 is 1.18 bits per heavy atom. The minimum absolute atomic E-state index is 0.307. The maximum Gasteiger partial charge on any atom is 0.340 e. The number of hydrazine groups is 1. The summed E-state index contributed by atoms with van der Waals surface area (Å²) in [6, 6.07) is 7.83. The van der Waals surface area contributed by atoms with E-state index in [1.807, 2.05) is 43.5 Å². The summed E-state index contributed by atoms with van der Waals surface area (Å²) in [5.41, 5.74) is 11.3. The van der Waals surface area contributed by atoms with Gasteiger partial charge in [0.1, 0.15) is 5.75 Å². The molecular weight excluding hydrogens is 376 g/mol. The number of aromatic amines is 1. The average molecular weight is 401 g/mol. The van der Waals surface area contributed by atoms with E-state index in [0.29, 0.717) is 18.7 Å². The van der Waals surface area contributed by atoms with Gasteiger partial charge >= 0.3 is 5.97 Å². The van der Waals surface area contributed by atoms with Crippen molar-refractivity contribution >= 4 is 28.6 Å². The van der Waals surface area contributed by atoms with Crippen LogP contribution >= 0.6 is 11.8 Å². The monoisotopic (exact) mass is 400 g/mol. The standard InChI is InChI=1S/C20H24N4O3S/c1-5-27-19(25)17-12(2)18(22-13(17)3)16-11-28-20(24-23-16)21-10-14-6-8-15(26-4)9-7-14/h6-9,11,22-23H,5,10H2,1-4H3,(H,21,24). The second kappa shape index (κ2) is 8.88. The Balaban J connectivity index is 1.69. The van der Waals surface area contributed by atoms with Crippen LogP contribution < -0.4 is 15.6 Å². The number of benzene rings is 1. The number of thioether (sulfide) groups is 1. The van der Waals surface area contributed by atoms with E-state index in [-0.39, 0.29) is 5.97 Å². The van der Waals surface area contributed by atoms with Crippen molar-refractivity contribution in [1.82, 2.24) is 15.8 Å². The van der Waals surface area contributed by atoms with Gasteiger partial charge in [-0.15, -0.1) is 0 Å². The van der Waals surface area contributed by atoms with Crippen LogP contribution in [0.1, 0.15) is 39.8 Å². The van der Waals surface area contributed by atoms with Crippen LogP contribution in [0.15, 0.2) is 34.7 Å². The van der Waals surface area contributed by atoms with Gasteiger partial charge in [0.05, 0.1) is 37.2 Å². The molecule has 0 radical (unpaired) electrons. The molecule has 1 aliphatic rings. The van der Waals surface area contributed by atoms with Gasteiger partial charge in [0.25, 0.3) is 0 Å². The maximum absolute atomic E-state index is 12.2. The first-order valence-corrected chi connectivity index (χ1v) is 9.84. The lowest BCUT2D eigenvalue weighted by Crippen LogP contribution is -2.37. The van der Waals surface area contributed by atoms with E-state index in [2.05, 4.69) is 20.8 Å². The third-order valence-corrected chi connectivity index (χ3v) is 5.15. The Morgan fingerprint density at radius 2 is 1.93 bits per heavy atom. The normalized spacial score (nSPS) is 14.9. The van der Waals surface area contributed by atoms with Crippen LogP contribution in [0.5, 0.6) is 5.75 Å². The lowest BCUT2D eigenvalue weighted by Gasteiger charge is -2.19. The summed E-state index contributed by atoms with van der Waals surface area (Å²) in [6.45, 7) is 6.50. The molecule has 1 aromatic heterocycles. The molecule has 0 atom stereocenters. The molecule has 0 unspecified atom stereocenters. The van der Waals surface area contributed by atoms with Crippen molar-refractivity contribution in [2.24, 2.45) is 4.99 Å². The Hall–Kier alpha value is -2.87. The number of methoxy groups -OCH3 is 1. The van der Waals surface area contributed by atoms with Crippen molar-refractivity contribution in [3.63, 3.8) is 0 Å². The number of hydrogen-bond acceptors (Lipinski definition) is 6. The molecule has 148 valence electrons. The van der Waals surface area contributed by atoms with E-state index in [1.165, 1.54) is 11.8 Å². The minimum atomic E-state index is -0.307. The van der Waals surface area contributed by atoms with Gasteiger partial charge in [0.15, 0.2) is 5.17 Å². The Bertz CT molecular complexity index is 916. The number of hydrogen-bond donors (Lipinski definition) is 3. The highest BCUT2D eigenvalue weighted by molar-refractivity contribution is 8.16. The second-order valence-corrected chi connectivity index (χ2v) is 7.07. The number of nitrogens with one attached hydrogen (secondary N) is 3. The van der Waals surface area contributed by atoms with E-state index in [4.69, 9.17) is 9.47 Å². The van der Waals surface area contributed by atoms with Crippen LogP contribution in [0.4, 0.5) is 0 Å². The number of carbonyl (C=O) groups excluding carboxylic acids is 1. The van der Waals surface area contributed by atoms with E-state index >= 15 is 0 Å². The molecule has 28 heavy (non-hydrogen) atoms. The zero-order chi connectivity index (χ0) is 20.1. The Labute approximate surface area is 168 Å². The summed E-state index contributed by atoms with van der Waals surface area (Å²) in [6.07, 6.45) is 0. The fraction of sp³-hybridized carbons (Fsp3) is 0.300. The molecule has 1 aromatic carbocycles. The van der Waals surface area contributed by atoms with Crippen molar-refractivity contribution in [3.05, 3.63) is 57.8 Å². The largest absolute Gasteiger partial charge is 0.497 e. The highest BCUT2D eigenvalue weighted by Crippen LogP contribution is 2.27. The number of H-pyrrole nitrogens is 1. The summed E-state index contributed by atoms with van der Waals surface area (Å²) in [5.74, 6) is 0.522. The number of aryl methyl sites for hydroxylation is 1. The fourth-order valence-electron chi connectivity index (χ4n) is 2.92. The Morgan fingerprint density at radius 3 is 2.54 bits per heavy atom. The highest BCUT2D eigenvalue weighted by atomic mass is 32.2. The van der Waals surface area contributed by atoms with Gasteiger partial charge in [-0.2, -0.15) is 0 Å². The minimum Gasteiger partial charge on any atom is -0.497 e. The summed E-state index contributed by atoms with van der Waals surface area (Å²) in [5, 5.41) is 2.74. The van der Waals surface area contributed by atoms with Crippen molar-refractivity contribution in [2.45, 2.75) is 27.3 Å². The molecule has 0 saturated heterocycles. The van der Waals surface area contributed by atoms with Crippen molar-refractivity contribution in [2.75, 3.05) is 13.7 Å². The summed E-state index contributed by atoms with van der Waals surface area (Å²) < 4.78 is 10.3. The summed E-state index contributed by atoms with van der Waals surface area (Å²) in [7, 11) is 1.65. The average Bonchev–Trinajstić information content (AvgIpc) is 3.01. The van der Waals surface area contributed by atoms with E-state index in [1.54, 1.807) is 14.0 Å². The molecule has 8 heteroatoms. The molecule has 0 amide bonds. The van der Waals surface area contributed by atoms with Gasteiger partial charge in [-0.25, -0.2) is 4.79 Å². The predicted molar refractivity (Wildman–Crippen MR) is 112 cm³/mol. The summed E-state index contributed by atoms with van der Waals surface area (Å²) in [4.78, 5) is 20.0. The van der Waals surface area contributed by atoms with Crippen LogP contribution in [0.2, 0.25) is 0 Å². The van der Waals surface area contributed by atoms with E-state index in [0.717, 1.165) is 39.1 Å². The molecule has 2 aromatic rings. The van der Waals surface area contributed by atoms with Gasteiger partial charge in [-0.05, 0) is 44.0 Å². The SMILES string of the molecule is CCOC(=O)c1c(C)[nH]c(C2=CSC(=NCc3ccc(OC)cc3)NN2)c1C. The molecule has 7 nitrogen and oxygen atoms in total. The third kappa shape index (κ3) is 4.33. The molecule has 0 fully saturated rings. The first-order chi connectivity index (χ1) is 13.5. The van der Waals surface area contributed by atoms with Gasteiger partial charge in [0.2, 0.25) is 0 Å². The zero-order valence-electron chi connectivity index (χ0n) is 16.4. The molecular formula is C20H24N4O3S. The molecule has 0 bridgehead atoms. The molecule has 0 spiro atoms. The van der Waals surface area contributed by atoms with Crippen molar-refractivity contribution in [3.8, 4) is 5.75 Å². The zero-order valence-corrected chi connectivity index (χ0v) is 17.2. The quantitative estimate of drug-likeness (QED) is 0.643. The van der Waals surface area contributed by atoms with E-state index in [9.17, 15) is 4.79 Å². The number of carbonyl (C=O) groups is 1. The first kappa shape index (κ1) is 19.9. The third-order valence-electron chi connectivity index (χ3n) is 4.34.